The number of hydrogen-bond donors (Lipinski definition) is 2. The molecular formula is C22H22F5N3O4. The maximum absolute atomic E-state index is 14.4. The lowest BCUT2D eigenvalue weighted by Gasteiger charge is -2.32. The Morgan fingerprint density at radius 3 is 2.44 bits per heavy atom. The van der Waals surface area contributed by atoms with Crippen LogP contribution in [0.25, 0.3) is 0 Å². The first-order chi connectivity index (χ1) is 15.8. The van der Waals surface area contributed by atoms with E-state index in [2.05, 4.69) is 15.6 Å². The number of rotatable bonds is 5. The Hall–Kier alpha value is -3.28. The van der Waals surface area contributed by atoms with E-state index in [0.29, 0.717) is 0 Å². The molecule has 1 fully saturated rings. The molecule has 0 aliphatic carbocycles. The molecule has 0 saturated carbocycles. The molecule has 1 aromatic heterocycles. The molecule has 3 rings (SSSR count). The number of nitrogens with zero attached hydrogens (tertiary/aromatic N) is 1. The zero-order valence-corrected chi connectivity index (χ0v) is 18.6. The van der Waals surface area contributed by atoms with Crippen molar-refractivity contribution in [1.29, 1.82) is 0 Å². The van der Waals surface area contributed by atoms with Gasteiger partial charge in [-0.05, 0) is 19.1 Å². The van der Waals surface area contributed by atoms with Gasteiger partial charge in [-0.2, -0.15) is 17.6 Å². The highest BCUT2D eigenvalue weighted by Gasteiger charge is 2.65. The Morgan fingerprint density at radius 2 is 1.85 bits per heavy atom. The van der Waals surface area contributed by atoms with Crippen molar-refractivity contribution in [2.24, 2.45) is 5.92 Å². The summed E-state index contributed by atoms with van der Waals surface area (Å²) in [6.45, 7) is 3.26. The third-order valence-corrected chi connectivity index (χ3v) is 5.90. The number of anilines is 2. The zero-order valence-electron chi connectivity index (χ0n) is 18.6. The molecule has 0 bridgehead atoms. The maximum atomic E-state index is 14.4. The lowest BCUT2D eigenvalue weighted by Crippen LogP contribution is -2.47. The monoisotopic (exact) mass is 487 g/mol. The molecule has 1 saturated heterocycles. The van der Waals surface area contributed by atoms with Crippen molar-refractivity contribution in [2.45, 2.75) is 44.6 Å². The van der Waals surface area contributed by atoms with Gasteiger partial charge in [0.25, 0.3) is 5.91 Å². The number of alkyl halides is 3. The van der Waals surface area contributed by atoms with Crippen LogP contribution in [0, 0.1) is 17.6 Å². The van der Waals surface area contributed by atoms with E-state index in [0.717, 1.165) is 26.2 Å². The van der Waals surface area contributed by atoms with Gasteiger partial charge in [0.05, 0.1) is 7.11 Å². The van der Waals surface area contributed by atoms with Crippen LogP contribution >= 0.6 is 0 Å². The first-order valence-corrected chi connectivity index (χ1v) is 10.1. The van der Waals surface area contributed by atoms with E-state index in [-0.39, 0.29) is 17.1 Å². The van der Waals surface area contributed by atoms with E-state index in [1.54, 1.807) is 0 Å². The second kappa shape index (κ2) is 9.16. The Kier molecular flexibility index (Phi) is 6.83. The second-order valence-corrected chi connectivity index (χ2v) is 8.04. The summed E-state index contributed by atoms with van der Waals surface area (Å²) in [6, 6.07) is 4.48. The summed E-state index contributed by atoms with van der Waals surface area (Å²) >= 11 is 0. The molecule has 1 aliphatic rings. The fourth-order valence-electron chi connectivity index (χ4n) is 4.01. The Morgan fingerprint density at radius 1 is 1.18 bits per heavy atom. The molecule has 2 heterocycles. The van der Waals surface area contributed by atoms with E-state index >= 15 is 0 Å². The molecule has 0 radical (unpaired) electrons. The van der Waals surface area contributed by atoms with Crippen LogP contribution in [0.4, 0.5) is 33.5 Å². The van der Waals surface area contributed by atoms with Gasteiger partial charge in [-0.25, -0.2) is 9.37 Å². The number of methoxy groups -OCH3 is 1. The van der Waals surface area contributed by atoms with Crippen LogP contribution in [0.2, 0.25) is 0 Å². The number of carbonyl (C=O) groups is 2. The van der Waals surface area contributed by atoms with Gasteiger partial charge >= 0.3 is 6.18 Å². The number of halogens is 5. The van der Waals surface area contributed by atoms with Gasteiger partial charge in [-0.3, -0.25) is 9.59 Å². The molecule has 34 heavy (non-hydrogen) atoms. The van der Waals surface area contributed by atoms with Crippen molar-refractivity contribution in [2.75, 3.05) is 17.7 Å². The normalized spacial score (nSPS) is 24.6. The minimum Gasteiger partial charge on any atom is -0.493 e. The fourth-order valence-corrected chi connectivity index (χ4v) is 4.01. The predicted octanol–water partition coefficient (Wildman–Crippen LogP) is 4.41. The van der Waals surface area contributed by atoms with Crippen molar-refractivity contribution in [3.63, 3.8) is 0 Å². The van der Waals surface area contributed by atoms with Crippen molar-refractivity contribution < 1.29 is 41.0 Å². The second-order valence-electron chi connectivity index (χ2n) is 8.04. The molecule has 4 atom stereocenters. The largest absolute Gasteiger partial charge is 0.493 e. The van der Waals surface area contributed by atoms with Crippen LogP contribution in [0.15, 0.2) is 30.5 Å². The topological polar surface area (TPSA) is 89.5 Å². The van der Waals surface area contributed by atoms with Gasteiger partial charge in [0, 0.05) is 42.3 Å². The van der Waals surface area contributed by atoms with E-state index < -0.39 is 58.9 Å². The molecule has 12 heteroatoms. The van der Waals surface area contributed by atoms with E-state index in [9.17, 15) is 31.5 Å². The Bertz CT molecular complexity index is 1110. The quantitative estimate of drug-likeness (QED) is 0.611. The molecule has 184 valence electrons. The molecule has 2 aromatic rings. The summed E-state index contributed by atoms with van der Waals surface area (Å²) in [6.07, 6.45) is -5.34. The highest BCUT2D eigenvalue weighted by atomic mass is 19.4. The summed E-state index contributed by atoms with van der Waals surface area (Å²) < 4.78 is 80.3. The first-order valence-electron chi connectivity index (χ1n) is 10.1. The number of benzene rings is 1. The summed E-state index contributed by atoms with van der Waals surface area (Å²) in [4.78, 5) is 28.3. The highest BCUT2D eigenvalue weighted by molar-refractivity contribution is 5.96. The van der Waals surface area contributed by atoms with Gasteiger partial charge in [0.15, 0.2) is 17.2 Å². The third-order valence-electron chi connectivity index (χ3n) is 5.90. The first kappa shape index (κ1) is 25.3. The number of aromatic nitrogens is 1. The SMILES string of the molecule is COc1c(C2C(C(=O)Nc3ccnc(NC(C)=O)c3)OC(C)(C(F)(F)F)C2C)ccc(F)c1F. The van der Waals surface area contributed by atoms with Crippen LogP contribution in [0.1, 0.15) is 32.3 Å². The van der Waals surface area contributed by atoms with E-state index in [1.807, 2.05) is 0 Å². The standard InChI is InChI=1S/C22H22F5N3O4/c1-10-16(13-5-6-14(23)17(24)18(13)33-4)19(34-21(10,3)22(25,26)27)20(32)30-12-7-8-28-15(9-12)29-11(2)31/h5-10,16,19H,1-4H3,(H2,28,29,30,31,32). The minimum absolute atomic E-state index is 0.102. The highest BCUT2D eigenvalue weighted by Crippen LogP contribution is 2.55. The van der Waals surface area contributed by atoms with Gasteiger partial charge in [-0.1, -0.05) is 13.0 Å². The molecule has 2 amide bonds. The number of carbonyl (C=O) groups excluding carboxylic acids is 2. The van der Waals surface area contributed by atoms with Crippen LogP contribution in [0.5, 0.6) is 5.75 Å². The average Bonchev–Trinajstić information content (AvgIpc) is 3.02. The zero-order chi connectivity index (χ0) is 25.4. The van der Waals surface area contributed by atoms with Crippen molar-refractivity contribution in [1.82, 2.24) is 4.98 Å². The van der Waals surface area contributed by atoms with Gasteiger partial charge in [0.2, 0.25) is 11.7 Å². The lowest BCUT2D eigenvalue weighted by molar-refractivity contribution is -0.272. The number of amides is 2. The molecule has 0 spiro atoms. The van der Waals surface area contributed by atoms with Gasteiger partial charge in [0.1, 0.15) is 11.9 Å². The smallest absolute Gasteiger partial charge is 0.417 e. The summed E-state index contributed by atoms with van der Waals surface area (Å²) in [5.74, 6) is -7.25. The van der Waals surface area contributed by atoms with Crippen LogP contribution in [-0.2, 0) is 14.3 Å². The average molecular weight is 487 g/mol. The van der Waals surface area contributed by atoms with Crippen molar-refractivity contribution in [3.05, 3.63) is 47.7 Å². The molecule has 4 unspecified atom stereocenters. The number of hydrogen-bond acceptors (Lipinski definition) is 5. The Balaban J connectivity index is 2.04. The Labute approximate surface area is 191 Å². The fraction of sp³-hybridized carbons (Fsp3) is 0.409. The predicted molar refractivity (Wildman–Crippen MR) is 111 cm³/mol. The minimum atomic E-state index is -4.87. The molecule has 1 aromatic carbocycles. The van der Waals surface area contributed by atoms with Gasteiger partial charge < -0.3 is 20.1 Å². The molecule has 7 nitrogen and oxygen atoms in total. The maximum Gasteiger partial charge on any atom is 0.417 e. The number of pyridine rings is 1. The summed E-state index contributed by atoms with van der Waals surface area (Å²) in [5, 5.41) is 4.85. The third kappa shape index (κ3) is 4.54. The van der Waals surface area contributed by atoms with E-state index in [1.165, 1.54) is 32.2 Å². The van der Waals surface area contributed by atoms with Crippen LogP contribution in [-0.4, -0.2) is 41.8 Å². The van der Waals surface area contributed by atoms with Crippen molar-refractivity contribution >= 4 is 23.3 Å². The molecule has 2 N–H and O–H groups in total. The lowest BCUT2D eigenvalue weighted by atomic mass is 9.77. The van der Waals surface area contributed by atoms with Gasteiger partial charge in [-0.15, -0.1) is 0 Å². The molecule has 1 aliphatic heterocycles. The summed E-state index contributed by atoms with van der Waals surface area (Å²) in [5.41, 5.74) is -2.79. The van der Waals surface area contributed by atoms with E-state index in [4.69, 9.17) is 9.47 Å². The summed E-state index contributed by atoms with van der Waals surface area (Å²) in [7, 11) is 1.04. The van der Waals surface area contributed by atoms with Crippen molar-refractivity contribution in [3.8, 4) is 5.75 Å². The van der Waals surface area contributed by atoms with Crippen LogP contribution < -0.4 is 15.4 Å². The molecular weight excluding hydrogens is 465 g/mol. The van der Waals surface area contributed by atoms with Crippen LogP contribution in [0.3, 0.4) is 0 Å². The number of ether oxygens (including phenoxy) is 2. The number of nitrogens with one attached hydrogen (secondary N) is 2.